The molecule has 3 aromatic rings. The first-order valence-corrected chi connectivity index (χ1v) is 10.2. The number of alkyl halides is 9. The summed E-state index contributed by atoms with van der Waals surface area (Å²) in [7, 11) is 0. The lowest BCUT2D eigenvalue weighted by Crippen LogP contribution is -2.59. The summed E-state index contributed by atoms with van der Waals surface area (Å²) in [5.41, 5.74) is -8.42. The molecule has 0 aliphatic carbocycles. The Balaban J connectivity index is 1.96. The first-order valence-electron chi connectivity index (χ1n) is 9.14. The van der Waals surface area contributed by atoms with Crippen LogP contribution in [0.5, 0.6) is 0 Å². The quantitative estimate of drug-likeness (QED) is 0.290. The number of anilines is 1. The molecule has 0 aliphatic heterocycles. The number of nitrogens with one attached hydrogen (secondary N) is 1. The van der Waals surface area contributed by atoms with E-state index in [-0.39, 0.29) is 23.5 Å². The summed E-state index contributed by atoms with van der Waals surface area (Å²) in [6, 6.07) is 3.05. The Hall–Kier alpha value is -2.92. The van der Waals surface area contributed by atoms with Gasteiger partial charge in [0.2, 0.25) is 0 Å². The van der Waals surface area contributed by atoms with Crippen molar-refractivity contribution in [1.82, 2.24) is 19.7 Å². The van der Waals surface area contributed by atoms with Gasteiger partial charge >= 0.3 is 23.9 Å². The molecule has 1 aromatic carbocycles. The highest BCUT2D eigenvalue weighted by Gasteiger charge is 2.81. The van der Waals surface area contributed by atoms with E-state index >= 15 is 0 Å². The van der Waals surface area contributed by atoms with Crippen molar-refractivity contribution in [3.63, 3.8) is 0 Å². The number of rotatable bonds is 5. The van der Waals surface area contributed by atoms with Gasteiger partial charge in [0.15, 0.2) is 0 Å². The third-order valence-electron chi connectivity index (χ3n) is 4.77. The van der Waals surface area contributed by atoms with E-state index in [1.807, 2.05) is 0 Å². The summed E-state index contributed by atoms with van der Waals surface area (Å²) in [5, 5.41) is 6.14. The SMILES string of the molecule is Cc1cc(C(F)(C(F)(F)F)C(F)(F)C(F)(F)F)cc(I)c1NC(=O)c1ccc(-n2cncn2)cn1. The predicted molar refractivity (Wildman–Crippen MR) is 111 cm³/mol. The van der Waals surface area contributed by atoms with Gasteiger partial charge in [-0.1, -0.05) is 6.07 Å². The van der Waals surface area contributed by atoms with Crippen LogP contribution in [0.15, 0.2) is 43.1 Å². The maximum absolute atomic E-state index is 14.8. The molecule has 188 valence electrons. The molecule has 0 aliphatic rings. The van der Waals surface area contributed by atoms with Crippen LogP contribution in [0.4, 0.5) is 45.2 Å². The van der Waals surface area contributed by atoms with Gasteiger partial charge in [0.25, 0.3) is 5.91 Å². The minimum absolute atomic E-state index is 0.164. The molecule has 0 saturated carbocycles. The second-order valence-electron chi connectivity index (χ2n) is 7.07. The van der Waals surface area contributed by atoms with Crippen LogP contribution in [0.3, 0.4) is 0 Å². The highest BCUT2D eigenvalue weighted by Crippen LogP contribution is 2.58. The normalized spacial score (nSPS) is 14.5. The molecule has 0 radical (unpaired) electrons. The molecule has 0 fully saturated rings. The zero-order valence-corrected chi connectivity index (χ0v) is 19.2. The van der Waals surface area contributed by atoms with Crippen LogP contribution in [0, 0.1) is 10.5 Å². The lowest BCUT2D eigenvalue weighted by molar-refractivity contribution is -0.389. The minimum Gasteiger partial charge on any atom is -0.319 e. The van der Waals surface area contributed by atoms with E-state index in [2.05, 4.69) is 20.4 Å². The molecule has 2 aromatic heterocycles. The topological polar surface area (TPSA) is 72.7 Å². The van der Waals surface area contributed by atoms with E-state index < -0.39 is 44.5 Å². The number of pyridine rings is 1. The molecule has 1 N–H and O–H groups in total. The zero-order valence-electron chi connectivity index (χ0n) is 17.0. The molecular formula is C19H11F9IN5O. The number of amides is 1. The number of aromatic nitrogens is 4. The van der Waals surface area contributed by atoms with E-state index in [9.17, 15) is 44.3 Å². The second-order valence-corrected chi connectivity index (χ2v) is 8.24. The third kappa shape index (κ3) is 4.66. The number of hydrogen-bond acceptors (Lipinski definition) is 4. The molecule has 6 nitrogen and oxygen atoms in total. The van der Waals surface area contributed by atoms with Crippen LogP contribution in [0.1, 0.15) is 21.6 Å². The van der Waals surface area contributed by atoms with Gasteiger partial charge in [0.1, 0.15) is 18.3 Å². The summed E-state index contributed by atoms with van der Waals surface area (Å²) in [5.74, 6) is -7.68. The monoisotopic (exact) mass is 623 g/mol. The first kappa shape index (κ1) is 26.7. The number of hydrogen-bond donors (Lipinski definition) is 1. The van der Waals surface area contributed by atoms with Gasteiger partial charge in [-0.25, -0.2) is 19.0 Å². The van der Waals surface area contributed by atoms with Crippen LogP contribution >= 0.6 is 22.6 Å². The Morgan fingerprint density at radius 1 is 1.00 bits per heavy atom. The summed E-state index contributed by atoms with van der Waals surface area (Å²) < 4.78 is 121. The summed E-state index contributed by atoms with van der Waals surface area (Å²) >= 11 is 1.28. The number of aryl methyl sites for hydroxylation is 1. The molecule has 1 atom stereocenters. The largest absolute Gasteiger partial charge is 0.457 e. The number of nitrogens with zero attached hydrogens (tertiary/aromatic N) is 4. The Morgan fingerprint density at radius 2 is 1.66 bits per heavy atom. The molecule has 16 heteroatoms. The van der Waals surface area contributed by atoms with Gasteiger partial charge in [-0.2, -0.15) is 40.2 Å². The summed E-state index contributed by atoms with van der Waals surface area (Å²) in [6.45, 7) is 1.01. The van der Waals surface area contributed by atoms with Crippen molar-refractivity contribution < 1.29 is 44.3 Å². The number of carbonyl (C=O) groups is 1. The van der Waals surface area contributed by atoms with Crippen LogP contribution in [0.25, 0.3) is 5.69 Å². The number of carbonyl (C=O) groups excluding carboxylic acids is 1. The van der Waals surface area contributed by atoms with Crippen molar-refractivity contribution in [3.8, 4) is 5.69 Å². The fourth-order valence-electron chi connectivity index (χ4n) is 2.99. The van der Waals surface area contributed by atoms with Crippen LogP contribution < -0.4 is 5.32 Å². The highest BCUT2D eigenvalue weighted by molar-refractivity contribution is 14.1. The minimum atomic E-state index is -6.84. The second kappa shape index (κ2) is 8.94. The van der Waals surface area contributed by atoms with E-state index in [1.165, 1.54) is 58.3 Å². The van der Waals surface area contributed by atoms with Crippen LogP contribution in [0.2, 0.25) is 0 Å². The molecule has 35 heavy (non-hydrogen) atoms. The fraction of sp³-hybridized carbons (Fsp3) is 0.263. The zero-order chi connectivity index (χ0) is 26.4. The number of benzene rings is 1. The molecule has 1 unspecified atom stereocenters. The summed E-state index contributed by atoms with van der Waals surface area (Å²) in [6.07, 6.45) is -9.59. The molecule has 2 heterocycles. The summed E-state index contributed by atoms with van der Waals surface area (Å²) in [4.78, 5) is 20.2. The van der Waals surface area contributed by atoms with Crippen molar-refractivity contribution in [1.29, 1.82) is 0 Å². The molecule has 3 rings (SSSR count). The Kier molecular flexibility index (Phi) is 6.82. The van der Waals surface area contributed by atoms with E-state index in [4.69, 9.17) is 0 Å². The smallest absolute Gasteiger partial charge is 0.319 e. The average molecular weight is 623 g/mol. The third-order valence-corrected chi connectivity index (χ3v) is 5.62. The molecule has 0 saturated heterocycles. The molecule has 0 spiro atoms. The van der Waals surface area contributed by atoms with Gasteiger partial charge in [0, 0.05) is 9.13 Å². The van der Waals surface area contributed by atoms with E-state index in [1.54, 1.807) is 0 Å². The maximum atomic E-state index is 14.8. The lowest BCUT2D eigenvalue weighted by Gasteiger charge is -2.36. The van der Waals surface area contributed by atoms with E-state index in [0.717, 1.165) is 6.92 Å². The van der Waals surface area contributed by atoms with Crippen LogP contribution in [-0.2, 0) is 5.67 Å². The molecule has 0 bridgehead atoms. The van der Waals surface area contributed by atoms with Crippen molar-refractivity contribution in [3.05, 3.63) is 63.5 Å². The van der Waals surface area contributed by atoms with Gasteiger partial charge < -0.3 is 5.32 Å². The highest BCUT2D eigenvalue weighted by atomic mass is 127. The Bertz CT molecular complexity index is 1200. The van der Waals surface area contributed by atoms with Crippen molar-refractivity contribution in [2.24, 2.45) is 0 Å². The Morgan fingerprint density at radius 3 is 2.11 bits per heavy atom. The van der Waals surface area contributed by atoms with E-state index in [0.29, 0.717) is 5.69 Å². The van der Waals surface area contributed by atoms with Crippen molar-refractivity contribution in [2.45, 2.75) is 30.9 Å². The average Bonchev–Trinajstić information content (AvgIpc) is 3.28. The predicted octanol–water partition coefficient (Wildman–Crippen LogP) is 5.75. The molecule has 1 amide bonds. The first-order chi connectivity index (χ1) is 16.0. The van der Waals surface area contributed by atoms with Crippen LogP contribution in [-0.4, -0.2) is 43.9 Å². The standard InChI is InChI=1S/C19H11F9IN5O/c1-9-4-10(16(20,18(23,24)25)17(21,22)19(26,27)28)5-12(29)14(9)33-15(35)13-3-2-11(6-31-13)34-8-30-7-32-34/h2-8H,1H3,(H,33,35). The Labute approximate surface area is 203 Å². The van der Waals surface area contributed by atoms with Gasteiger partial charge in [-0.05, 0) is 53.3 Å². The maximum Gasteiger partial charge on any atom is 0.457 e. The van der Waals surface area contributed by atoms with Crippen molar-refractivity contribution >= 4 is 34.2 Å². The van der Waals surface area contributed by atoms with Gasteiger partial charge in [-0.3, -0.25) is 4.79 Å². The van der Waals surface area contributed by atoms with Gasteiger partial charge in [0.05, 0.1) is 17.6 Å². The number of halogens is 10. The van der Waals surface area contributed by atoms with Crippen molar-refractivity contribution in [2.75, 3.05) is 5.32 Å². The lowest BCUT2D eigenvalue weighted by atomic mass is 9.86. The fourth-order valence-corrected chi connectivity index (χ4v) is 3.89. The van der Waals surface area contributed by atoms with Gasteiger partial charge in [-0.15, -0.1) is 0 Å². The molecular weight excluding hydrogens is 612 g/mol.